The Kier molecular flexibility index (Phi) is 8.38. The van der Waals surface area contributed by atoms with Crippen molar-refractivity contribution in [1.29, 1.82) is 0 Å². The average molecular weight is 569 g/mol. The first kappa shape index (κ1) is 28.3. The van der Waals surface area contributed by atoms with E-state index in [4.69, 9.17) is 11.6 Å². The number of hydrogen-bond acceptors (Lipinski definition) is 4. The summed E-state index contributed by atoms with van der Waals surface area (Å²) in [6.07, 6.45) is 3.05. The minimum atomic E-state index is -0.656. The lowest BCUT2D eigenvalue weighted by molar-refractivity contribution is -0.124. The van der Waals surface area contributed by atoms with E-state index in [0.717, 1.165) is 0 Å². The number of hydrogen-bond donors (Lipinski definition) is 1. The number of likely N-dealkylation sites (N-methyl/N-ethyl adjacent to an activating group) is 1. The Hall–Kier alpha value is -4.20. The first-order valence-corrected chi connectivity index (χ1v) is 14.0. The first-order valence-electron chi connectivity index (χ1n) is 13.7. The van der Waals surface area contributed by atoms with Crippen molar-refractivity contribution in [2.24, 2.45) is 0 Å². The summed E-state index contributed by atoms with van der Waals surface area (Å²) < 4.78 is 0. The number of aromatic nitrogens is 1. The molecule has 0 radical (unpaired) electrons. The molecule has 1 N–H and O–H groups in total. The van der Waals surface area contributed by atoms with E-state index in [9.17, 15) is 14.4 Å². The summed E-state index contributed by atoms with van der Waals surface area (Å²) in [6, 6.07) is 24.1. The number of benzene rings is 3. The Morgan fingerprint density at radius 1 is 1.02 bits per heavy atom. The highest BCUT2D eigenvalue weighted by Gasteiger charge is 2.34. The van der Waals surface area contributed by atoms with Crippen molar-refractivity contribution < 1.29 is 14.4 Å². The number of fused-ring (bicyclic) bond motifs is 1. The number of amides is 2. The molecule has 0 aliphatic carbocycles. The van der Waals surface area contributed by atoms with E-state index in [1.807, 2.05) is 24.0 Å². The van der Waals surface area contributed by atoms with Gasteiger partial charge < -0.3 is 14.8 Å². The number of rotatable bonds is 8. The number of ketones is 1. The third kappa shape index (κ3) is 5.69. The summed E-state index contributed by atoms with van der Waals surface area (Å²) in [5.41, 5.74) is 3.51. The van der Waals surface area contributed by atoms with Crippen molar-refractivity contribution in [1.82, 2.24) is 19.7 Å². The van der Waals surface area contributed by atoms with Gasteiger partial charge in [0.25, 0.3) is 17.6 Å². The Bertz CT molecular complexity index is 1540. The van der Waals surface area contributed by atoms with Gasteiger partial charge in [0.2, 0.25) is 0 Å². The number of carbonyl (C=O) groups is 3. The normalized spacial score (nSPS) is 15.7. The quantitative estimate of drug-likeness (QED) is 0.171. The molecule has 8 heteroatoms. The SMILES string of the molecule is C=CCN(C)C(=O)C(=O)c1c[nH]c2cc(Cl)c(C(=O)N3CCN(C(c4ccccc4)c4ccccc4)CC3C)cc12. The van der Waals surface area contributed by atoms with Crippen molar-refractivity contribution in [2.45, 2.75) is 19.0 Å². The van der Waals surface area contributed by atoms with Crippen molar-refractivity contribution in [3.63, 3.8) is 0 Å². The lowest BCUT2D eigenvalue weighted by atomic mass is 9.95. The number of Topliss-reactive ketones (excluding diaryl/α,β-unsaturated/α-hetero) is 1. The smallest absolute Gasteiger partial charge is 0.295 e. The molecule has 1 aliphatic rings. The molecule has 1 fully saturated rings. The summed E-state index contributed by atoms with van der Waals surface area (Å²) in [5, 5.41) is 0.780. The van der Waals surface area contributed by atoms with Crippen LogP contribution in [0.25, 0.3) is 10.9 Å². The zero-order valence-electron chi connectivity index (χ0n) is 23.2. The summed E-state index contributed by atoms with van der Waals surface area (Å²) in [5.74, 6) is -1.50. The second kappa shape index (κ2) is 12.1. The van der Waals surface area contributed by atoms with Gasteiger partial charge in [0, 0.05) is 56.4 Å². The molecule has 2 heterocycles. The van der Waals surface area contributed by atoms with Gasteiger partial charge >= 0.3 is 0 Å². The van der Waals surface area contributed by atoms with Gasteiger partial charge in [0.15, 0.2) is 0 Å². The molecule has 1 atom stereocenters. The van der Waals surface area contributed by atoms with Crippen LogP contribution >= 0.6 is 11.6 Å². The maximum Gasteiger partial charge on any atom is 0.295 e. The van der Waals surface area contributed by atoms with Crippen LogP contribution in [0.4, 0.5) is 0 Å². The van der Waals surface area contributed by atoms with Gasteiger partial charge in [-0.3, -0.25) is 19.3 Å². The summed E-state index contributed by atoms with van der Waals surface area (Å²) in [4.78, 5) is 48.1. The van der Waals surface area contributed by atoms with Gasteiger partial charge in [-0.05, 0) is 30.2 Å². The molecule has 41 heavy (non-hydrogen) atoms. The van der Waals surface area contributed by atoms with Gasteiger partial charge in [0.1, 0.15) is 0 Å². The van der Waals surface area contributed by atoms with Crippen LogP contribution in [0.1, 0.15) is 44.8 Å². The second-order valence-corrected chi connectivity index (χ2v) is 10.9. The van der Waals surface area contributed by atoms with Gasteiger partial charge in [0.05, 0.1) is 22.2 Å². The molecule has 0 bridgehead atoms. The predicted octanol–water partition coefficient (Wildman–Crippen LogP) is 5.58. The van der Waals surface area contributed by atoms with Crippen LogP contribution in [-0.4, -0.2) is 76.5 Å². The average Bonchev–Trinajstić information content (AvgIpc) is 3.39. The van der Waals surface area contributed by atoms with E-state index >= 15 is 0 Å². The summed E-state index contributed by atoms with van der Waals surface area (Å²) in [7, 11) is 1.55. The fourth-order valence-corrected chi connectivity index (χ4v) is 5.87. The highest BCUT2D eigenvalue weighted by Crippen LogP contribution is 2.32. The van der Waals surface area contributed by atoms with Crippen LogP contribution in [0.5, 0.6) is 0 Å². The highest BCUT2D eigenvalue weighted by atomic mass is 35.5. The van der Waals surface area contributed by atoms with E-state index in [1.165, 1.54) is 22.2 Å². The molecule has 1 aromatic heterocycles. The molecule has 5 rings (SSSR count). The fourth-order valence-electron chi connectivity index (χ4n) is 5.62. The number of nitrogens with zero attached hydrogens (tertiary/aromatic N) is 3. The van der Waals surface area contributed by atoms with Crippen molar-refractivity contribution >= 4 is 40.1 Å². The zero-order valence-corrected chi connectivity index (χ0v) is 24.0. The number of piperazine rings is 1. The van der Waals surface area contributed by atoms with Crippen molar-refractivity contribution in [3.05, 3.63) is 119 Å². The molecule has 0 saturated carbocycles. The lowest BCUT2D eigenvalue weighted by Gasteiger charge is -2.43. The van der Waals surface area contributed by atoms with Gasteiger partial charge in [-0.1, -0.05) is 78.3 Å². The predicted molar refractivity (Wildman–Crippen MR) is 162 cm³/mol. The molecule has 2 amide bonds. The standard InChI is InChI=1S/C33H33ClN4O3/c1-4-15-36(3)33(41)31(39)27-20-35-29-19-28(34)26(18-25(27)29)32(40)38-17-16-37(21-22(38)2)30(23-11-7-5-8-12-23)24-13-9-6-10-14-24/h4-14,18-20,22,30,35H,1,15-17,21H2,2-3H3. The summed E-state index contributed by atoms with van der Waals surface area (Å²) >= 11 is 6.60. The van der Waals surface area contributed by atoms with Crippen molar-refractivity contribution in [2.75, 3.05) is 33.2 Å². The minimum absolute atomic E-state index is 0.0715. The van der Waals surface area contributed by atoms with Gasteiger partial charge in [-0.2, -0.15) is 0 Å². The molecule has 4 aromatic rings. The number of aromatic amines is 1. The van der Waals surface area contributed by atoms with Crippen LogP contribution in [0, 0.1) is 0 Å². The van der Waals surface area contributed by atoms with Gasteiger partial charge in [-0.25, -0.2) is 0 Å². The van der Waals surface area contributed by atoms with Crippen LogP contribution in [-0.2, 0) is 4.79 Å². The molecule has 210 valence electrons. The Balaban J connectivity index is 1.40. The molecule has 7 nitrogen and oxygen atoms in total. The highest BCUT2D eigenvalue weighted by molar-refractivity contribution is 6.45. The number of carbonyl (C=O) groups excluding carboxylic acids is 3. The van der Waals surface area contributed by atoms with E-state index in [1.54, 1.807) is 25.3 Å². The van der Waals surface area contributed by atoms with Crippen molar-refractivity contribution in [3.8, 4) is 0 Å². The molecule has 3 aromatic carbocycles. The third-order valence-corrected chi connectivity index (χ3v) is 8.02. The van der Waals surface area contributed by atoms with Crippen LogP contribution in [0.15, 0.2) is 91.6 Å². The summed E-state index contributed by atoms with van der Waals surface area (Å²) in [6.45, 7) is 7.80. The minimum Gasteiger partial charge on any atom is -0.360 e. The van der Waals surface area contributed by atoms with E-state index in [2.05, 4.69) is 65.0 Å². The Morgan fingerprint density at radius 2 is 1.66 bits per heavy atom. The van der Waals surface area contributed by atoms with Gasteiger partial charge in [-0.15, -0.1) is 6.58 Å². The van der Waals surface area contributed by atoms with E-state index < -0.39 is 11.7 Å². The van der Waals surface area contributed by atoms with Crippen LogP contribution in [0.2, 0.25) is 5.02 Å². The molecular formula is C33H33ClN4O3. The van der Waals surface area contributed by atoms with E-state index in [0.29, 0.717) is 41.1 Å². The fraction of sp³-hybridized carbons (Fsp3) is 0.242. The number of halogens is 1. The largest absolute Gasteiger partial charge is 0.360 e. The second-order valence-electron chi connectivity index (χ2n) is 10.4. The third-order valence-electron chi connectivity index (χ3n) is 7.70. The Labute approximate surface area is 245 Å². The maximum absolute atomic E-state index is 13.9. The van der Waals surface area contributed by atoms with E-state index in [-0.39, 0.29) is 30.1 Å². The maximum atomic E-state index is 13.9. The number of H-pyrrole nitrogens is 1. The molecule has 1 aliphatic heterocycles. The lowest BCUT2D eigenvalue weighted by Crippen LogP contribution is -2.54. The Morgan fingerprint density at radius 3 is 2.24 bits per heavy atom. The van der Waals surface area contributed by atoms with Crippen LogP contribution < -0.4 is 0 Å². The molecule has 1 unspecified atom stereocenters. The molecule has 0 spiro atoms. The zero-order chi connectivity index (χ0) is 29.1. The topological polar surface area (TPSA) is 76.7 Å². The monoisotopic (exact) mass is 568 g/mol. The first-order chi connectivity index (χ1) is 19.8. The molecule has 1 saturated heterocycles. The number of nitrogens with one attached hydrogen (secondary N) is 1. The molecular weight excluding hydrogens is 536 g/mol. The van der Waals surface area contributed by atoms with Crippen LogP contribution in [0.3, 0.4) is 0 Å².